The minimum Gasteiger partial charge on any atom is -0.379 e. The van der Waals surface area contributed by atoms with E-state index in [1.165, 1.54) is 16.4 Å². The molecule has 2 aliphatic rings. The van der Waals surface area contributed by atoms with Gasteiger partial charge < -0.3 is 14.5 Å². The summed E-state index contributed by atoms with van der Waals surface area (Å²) in [4.78, 5) is 15.0. The van der Waals surface area contributed by atoms with Gasteiger partial charge >= 0.3 is 0 Å². The van der Waals surface area contributed by atoms with Crippen LogP contribution in [0.3, 0.4) is 0 Å². The predicted molar refractivity (Wildman–Crippen MR) is 123 cm³/mol. The van der Waals surface area contributed by atoms with Crippen molar-refractivity contribution in [2.75, 3.05) is 62.3 Å². The van der Waals surface area contributed by atoms with E-state index < -0.39 is 14.9 Å². The van der Waals surface area contributed by atoms with E-state index in [-0.39, 0.29) is 23.7 Å². The lowest BCUT2D eigenvalue weighted by Crippen LogP contribution is -2.41. The maximum absolute atomic E-state index is 13.4. The number of nitro groups is 1. The average molecular weight is 472 g/mol. The van der Waals surface area contributed by atoms with Gasteiger partial charge in [0.25, 0.3) is 5.69 Å². The van der Waals surface area contributed by atoms with Crippen molar-refractivity contribution in [1.29, 1.82) is 5.26 Å². The number of non-ortho nitro benzene ring substituents is 1. The van der Waals surface area contributed by atoms with Crippen LogP contribution in [-0.2, 0) is 14.8 Å². The Morgan fingerprint density at radius 2 is 1.61 bits per heavy atom. The van der Waals surface area contributed by atoms with Crippen molar-refractivity contribution in [1.82, 2.24) is 4.31 Å². The first kappa shape index (κ1) is 23.0. The molecular formula is C22H25N5O5S. The fourth-order valence-corrected chi connectivity index (χ4v) is 5.81. The lowest BCUT2D eigenvalue weighted by Gasteiger charge is -2.30. The van der Waals surface area contributed by atoms with Crippen molar-refractivity contribution in [2.24, 2.45) is 0 Å². The highest BCUT2D eigenvalue weighted by atomic mass is 32.2. The van der Waals surface area contributed by atoms with E-state index in [0.717, 1.165) is 18.7 Å². The highest BCUT2D eigenvalue weighted by molar-refractivity contribution is 7.89. The highest BCUT2D eigenvalue weighted by Crippen LogP contribution is 2.33. The molecule has 2 aliphatic heterocycles. The molecule has 0 aromatic heterocycles. The van der Waals surface area contributed by atoms with Crippen molar-refractivity contribution in [2.45, 2.75) is 11.3 Å². The standard InChI is InChI=1S/C22H25N5O5S/c23-17-18-2-4-19(5-3-18)24-8-1-9-25(11-10-24)21-7-6-20(27(28)29)16-22(21)33(30,31)26-12-14-32-15-13-26/h2-7,16H,1,8-15H2. The molecule has 0 bridgehead atoms. The summed E-state index contributed by atoms with van der Waals surface area (Å²) in [7, 11) is -3.92. The monoisotopic (exact) mass is 471 g/mol. The van der Waals surface area contributed by atoms with E-state index in [4.69, 9.17) is 10.00 Å². The van der Waals surface area contributed by atoms with Crippen LogP contribution in [-0.4, -0.2) is 70.1 Å². The molecule has 2 saturated heterocycles. The minimum absolute atomic E-state index is 0.0366. The van der Waals surface area contributed by atoms with Gasteiger partial charge in [-0.3, -0.25) is 10.1 Å². The molecule has 0 spiro atoms. The Morgan fingerprint density at radius 3 is 2.27 bits per heavy atom. The van der Waals surface area contributed by atoms with Gasteiger partial charge in [0, 0.05) is 57.1 Å². The van der Waals surface area contributed by atoms with E-state index in [9.17, 15) is 18.5 Å². The summed E-state index contributed by atoms with van der Waals surface area (Å²) in [6.45, 7) is 3.65. The maximum atomic E-state index is 13.4. The quantitative estimate of drug-likeness (QED) is 0.481. The number of benzene rings is 2. The molecule has 10 nitrogen and oxygen atoms in total. The Labute approximate surface area is 192 Å². The summed E-state index contributed by atoms with van der Waals surface area (Å²) < 4.78 is 33.5. The molecule has 2 aromatic rings. The van der Waals surface area contributed by atoms with Gasteiger partial charge in [-0.25, -0.2) is 8.42 Å². The fourth-order valence-electron chi connectivity index (χ4n) is 4.17. The number of nitrogens with zero attached hydrogens (tertiary/aromatic N) is 5. The number of nitriles is 1. The number of ether oxygens (including phenoxy) is 1. The Morgan fingerprint density at radius 1 is 0.939 bits per heavy atom. The largest absolute Gasteiger partial charge is 0.379 e. The number of hydrogen-bond acceptors (Lipinski definition) is 8. The van der Waals surface area contributed by atoms with Crippen LogP contribution < -0.4 is 9.80 Å². The van der Waals surface area contributed by atoms with Crippen molar-refractivity contribution < 1.29 is 18.1 Å². The number of hydrogen-bond donors (Lipinski definition) is 0. The highest BCUT2D eigenvalue weighted by Gasteiger charge is 2.32. The first-order chi connectivity index (χ1) is 15.9. The van der Waals surface area contributed by atoms with Crippen LogP contribution in [0.5, 0.6) is 0 Å². The summed E-state index contributed by atoms with van der Waals surface area (Å²) in [5.74, 6) is 0. The van der Waals surface area contributed by atoms with Gasteiger partial charge in [0.2, 0.25) is 10.0 Å². The summed E-state index contributed by atoms with van der Waals surface area (Å²) in [6, 6.07) is 13.6. The third kappa shape index (κ3) is 4.93. The molecule has 4 rings (SSSR count). The van der Waals surface area contributed by atoms with Crippen LogP contribution in [0, 0.1) is 21.4 Å². The Balaban J connectivity index is 1.62. The first-order valence-electron chi connectivity index (χ1n) is 10.8. The molecule has 2 heterocycles. The molecule has 2 aromatic carbocycles. The zero-order valence-corrected chi connectivity index (χ0v) is 18.9. The summed E-state index contributed by atoms with van der Waals surface area (Å²) in [6.07, 6.45) is 0.786. The first-order valence-corrected chi connectivity index (χ1v) is 12.2. The number of morpholine rings is 1. The summed E-state index contributed by atoms with van der Waals surface area (Å²) in [5, 5.41) is 20.4. The SMILES string of the molecule is N#Cc1ccc(N2CCCN(c3ccc([N+](=O)[O-])cc3S(=O)(=O)N3CCOCC3)CC2)cc1. The zero-order chi connectivity index (χ0) is 23.4. The number of nitro benzene ring substituents is 1. The van der Waals surface area contributed by atoms with Crippen LogP contribution in [0.2, 0.25) is 0 Å². The normalized spacial score (nSPS) is 17.9. The molecule has 0 unspecified atom stereocenters. The van der Waals surface area contributed by atoms with Crippen LogP contribution >= 0.6 is 0 Å². The van der Waals surface area contributed by atoms with Gasteiger partial charge in [0.1, 0.15) is 4.90 Å². The van der Waals surface area contributed by atoms with Crippen LogP contribution in [0.4, 0.5) is 17.1 Å². The molecule has 0 aliphatic carbocycles. The Hall–Kier alpha value is -3.20. The molecule has 0 radical (unpaired) electrons. The molecule has 11 heteroatoms. The van der Waals surface area contributed by atoms with Gasteiger partial charge in [-0.2, -0.15) is 9.57 Å². The average Bonchev–Trinajstić information content (AvgIpc) is 3.10. The molecule has 0 N–H and O–H groups in total. The van der Waals surface area contributed by atoms with Crippen molar-refractivity contribution in [3.63, 3.8) is 0 Å². The van der Waals surface area contributed by atoms with Gasteiger partial charge in [0.05, 0.1) is 35.5 Å². The zero-order valence-electron chi connectivity index (χ0n) is 18.1. The van der Waals surface area contributed by atoms with E-state index in [1.54, 1.807) is 18.2 Å². The molecule has 174 valence electrons. The molecule has 0 amide bonds. The van der Waals surface area contributed by atoms with Gasteiger partial charge in [0.15, 0.2) is 0 Å². The number of rotatable bonds is 5. The third-order valence-electron chi connectivity index (χ3n) is 5.94. The second kappa shape index (κ2) is 9.74. The predicted octanol–water partition coefficient (Wildman–Crippen LogP) is 2.20. The van der Waals surface area contributed by atoms with E-state index >= 15 is 0 Å². The summed E-state index contributed by atoms with van der Waals surface area (Å²) >= 11 is 0. The molecule has 0 atom stereocenters. The Bertz CT molecular complexity index is 1160. The molecule has 0 saturated carbocycles. The van der Waals surface area contributed by atoms with Gasteiger partial charge in [-0.1, -0.05) is 0 Å². The second-order valence-electron chi connectivity index (χ2n) is 7.91. The smallest absolute Gasteiger partial charge is 0.270 e. The molecular weight excluding hydrogens is 446 g/mol. The summed E-state index contributed by atoms with van der Waals surface area (Å²) in [5.41, 5.74) is 1.83. The Kier molecular flexibility index (Phi) is 6.78. The van der Waals surface area contributed by atoms with Crippen molar-refractivity contribution >= 4 is 27.1 Å². The van der Waals surface area contributed by atoms with Gasteiger partial charge in [-0.15, -0.1) is 0 Å². The second-order valence-corrected chi connectivity index (χ2v) is 9.82. The van der Waals surface area contributed by atoms with Crippen molar-refractivity contribution in [3.8, 4) is 6.07 Å². The topological polar surface area (TPSA) is 120 Å². The van der Waals surface area contributed by atoms with Gasteiger partial charge in [-0.05, 0) is 36.8 Å². The van der Waals surface area contributed by atoms with E-state index in [2.05, 4.69) is 11.0 Å². The van der Waals surface area contributed by atoms with Crippen molar-refractivity contribution in [3.05, 3.63) is 58.1 Å². The fraction of sp³-hybridized carbons (Fsp3) is 0.409. The van der Waals surface area contributed by atoms with E-state index in [1.807, 2.05) is 17.0 Å². The lowest BCUT2D eigenvalue weighted by molar-refractivity contribution is -0.385. The molecule has 33 heavy (non-hydrogen) atoms. The minimum atomic E-state index is -3.92. The number of sulfonamides is 1. The van der Waals surface area contributed by atoms with Crippen LogP contribution in [0.15, 0.2) is 47.4 Å². The lowest BCUT2D eigenvalue weighted by atomic mass is 10.2. The van der Waals surface area contributed by atoms with Crippen LogP contribution in [0.1, 0.15) is 12.0 Å². The number of anilines is 2. The van der Waals surface area contributed by atoms with E-state index in [0.29, 0.717) is 44.1 Å². The molecule has 2 fully saturated rings. The van der Waals surface area contributed by atoms with Crippen LogP contribution in [0.25, 0.3) is 0 Å². The third-order valence-corrected chi connectivity index (χ3v) is 7.87. The maximum Gasteiger partial charge on any atom is 0.270 e.